The number of hydrogen-bond acceptors (Lipinski definition) is 3. The van der Waals surface area contributed by atoms with Crippen LogP contribution in [0.25, 0.3) is 0 Å². The molecule has 10 heteroatoms. The third kappa shape index (κ3) is 5.67. The zero-order chi connectivity index (χ0) is 24.6. The van der Waals surface area contributed by atoms with E-state index < -0.39 is 41.0 Å². The van der Waals surface area contributed by atoms with Crippen LogP contribution in [0.1, 0.15) is 43.5 Å². The fraction of sp³-hybridized carbons (Fsp3) is 0.435. The van der Waals surface area contributed by atoms with Gasteiger partial charge in [0.25, 0.3) is 5.91 Å². The monoisotopic (exact) mass is 488 g/mol. The third-order valence-corrected chi connectivity index (χ3v) is 7.05. The van der Waals surface area contributed by atoms with Crippen molar-refractivity contribution in [1.82, 2.24) is 9.21 Å². The van der Waals surface area contributed by atoms with Gasteiger partial charge in [0.2, 0.25) is 0 Å². The lowest BCUT2D eigenvalue weighted by molar-refractivity contribution is -0.173. The zero-order valence-electron chi connectivity index (χ0n) is 18.5. The van der Waals surface area contributed by atoms with Crippen molar-refractivity contribution < 1.29 is 31.3 Å². The van der Waals surface area contributed by atoms with Gasteiger partial charge in [-0.2, -0.15) is 13.2 Å². The van der Waals surface area contributed by atoms with Gasteiger partial charge in [0.1, 0.15) is 5.82 Å². The molecule has 2 aromatic carbocycles. The average molecular weight is 489 g/mol. The fourth-order valence-corrected chi connectivity index (χ4v) is 5.25. The SMILES string of the molecule is CCN(C(c1ccc(F)cc1)C(F)(F)F)[S+]([O-])c1ccc2c(c1)CN(C(=O)C(C)(C)F)CC2. The Bertz CT molecular complexity index is 992. The summed E-state index contributed by atoms with van der Waals surface area (Å²) >= 11 is -2.20. The van der Waals surface area contributed by atoms with Gasteiger partial charge in [0.05, 0.1) is 11.4 Å². The maximum absolute atomic E-state index is 14.1. The number of alkyl halides is 4. The average Bonchev–Trinajstić information content (AvgIpc) is 2.75. The second-order valence-corrected chi connectivity index (χ2v) is 9.80. The van der Waals surface area contributed by atoms with Crippen molar-refractivity contribution in [2.24, 2.45) is 0 Å². The Kier molecular flexibility index (Phi) is 7.40. The maximum atomic E-state index is 14.1. The molecule has 0 spiro atoms. The summed E-state index contributed by atoms with van der Waals surface area (Å²) in [5.41, 5.74) is -0.790. The van der Waals surface area contributed by atoms with E-state index in [0.717, 1.165) is 34.1 Å². The molecule has 0 N–H and O–H groups in total. The Morgan fingerprint density at radius 2 is 1.76 bits per heavy atom. The van der Waals surface area contributed by atoms with Crippen LogP contribution >= 0.6 is 0 Å². The van der Waals surface area contributed by atoms with Crippen LogP contribution in [0, 0.1) is 5.82 Å². The Hall–Kier alpha value is -2.17. The van der Waals surface area contributed by atoms with E-state index in [0.29, 0.717) is 18.5 Å². The molecule has 1 aliphatic rings. The molecule has 4 nitrogen and oxygen atoms in total. The number of rotatable bonds is 6. The molecule has 0 fully saturated rings. The maximum Gasteiger partial charge on any atom is 0.412 e. The molecule has 1 amide bonds. The normalized spacial score (nSPS) is 16.5. The van der Waals surface area contributed by atoms with Gasteiger partial charge in [-0.05, 0) is 62.1 Å². The standard InChI is InChI=1S/C23H25F5N2O2S/c1-4-30(20(23(26,27)28)16-5-8-18(24)9-6-16)33(32)19-10-7-15-11-12-29(14-17(15)13-19)21(31)22(2,3)25/h5-10,13,20H,4,11-12,14H2,1-3H3. The molecule has 1 aliphatic heterocycles. The highest BCUT2D eigenvalue weighted by Gasteiger charge is 2.49. The van der Waals surface area contributed by atoms with Crippen LogP contribution < -0.4 is 0 Å². The summed E-state index contributed by atoms with van der Waals surface area (Å²) in [5, 5.41) is 0. The second-order valence-electron chi connectivity index (χ2n) is 8.36. The fourth-order valence-electron chi connectivity index (χ4n) is 3.89. The lowest BCUT2D eigenvalue weighted by Crippen LogP contribution is -2.45. The molecule has 2 aromatic rings. The largest absolute Gasteiger partial charge is 0.593 e. The highest BCUT2D eigenvalue weighted by molar-refractivity contribution is 7.89. The van der Waals surface area contributed by atoms with Crippen LogP contribution in [0.3, 0.4) is 0 Å². The van der Waals surface area contributed by atoms with Crippen molar-refractivity contribution in [1.29, 1.82) is 0 Å². The number of halogens is 5. The van der Waals surface area contributed by atoms with E-state index in [1.165, 1.54) is 37.8 Å². The van der Waals surface area contributed by atoms with Crippen molar-refractivity contribution in [3.05, 3.63) is 65.0 Å². The molecule has 3 rings (SSSR count). The van der Waals surface area contributed by atoms with Gasteiger partial charge in [-0.15, -0.1) is 4.31 Å². The second kappa shape index (κ2) is 9.60. The van der Waals surface area contributed by atoms with Crippen LogP contribution in [-0.4, -0.2) is 44.6 Å². The van der Waals surface area contributed by atoms with Gasteiger partial charge in [0.15, 0.2) is 16.6 Å². The summed E-state index contributed by atoms with van der Waals surface area (Å²) in [5.74, 6) is -1.35. The predicted octanol–water partition coefficient (Wildman–Crippen LogP) is 5.11. The number of fused-ring (bicyclic) bond motifs is 1. The molecule has 0 saturated carbocycles. The van der Waals surface area contributed by atoms with E-state index in [-0.39, 0.29) is 23.5 Å². The first kappa shape index (κ1) is 25.5. The molecule has 33 heavy (non-hydrogen) atoms. The topological polar surface area (TPSA) is 46.6 Å². The van der Waals surface area contributed by atoms with Crippen molar-refractivity contribution in [3.63, 3.8) is 0 Å². The predicted molar refractivity (Wildman–Crippen MR) is 115 cm³/mol. The molecular formula is C23H25F5N2O2S. The van der Waals surface area contributed by atoms with Crippen molar-refractivity contribution in [2.45, 2.75) is 56.5 Å². The van der Waals surface area contributed by atoms with Crippen molar-refractivity contribution in [3.8, 4) is 0 Å². The number of benzene rings is 2. The van der Waals surface area contributed by atoms with Crippen molar-refractivity contribution >= 4 is 17.3 Å². The van der Waals surface area contributed by atoms with Gasteiger partial charge < -0.3 is 9.45 Å². The summed E-state index contributed by atoms with van der Waals surface area (Å²) < 4.78 is 83.5. The Balaban J connectivity index is 1.92. The molecule has 0 radical (unpaired) electrons. The van der Waals surface area contributed by atoms with Crippen LogP contribution in [0.2, 0.25) is 0 Å². The first-order chi connectivity index (χ1) is 15.3. The first-order valence-corrected chi connectivity index (χ1v) is 11.5. The lowest BCUT2D eigenvalue weighted by Gasteiger charge is -2.34. The molecule has 0 bridgehead atoms. The molecule has 180 valence electrons. The van der Waals surface area contributed by atoms with Gasteiger partial charge in [-0.1, -0.05) is 18.2 Å². The van der Waals surface area contributed by atoms with Crippen LogP contribution in [0.5, 0.6) is 0 Å². The smallest absolute Gasteiger partial charge is 0.412 e. The van der Waals surface area contributed by atoms with Gasteiger partial charge in [-0.25, -0.2) is 8.78 Å². The van der Waals surface area contributed by atoms with E-state index in [1.807, 2.05) is 0 Å². The van der Waals surface area contributed by atoms with E-state index in [1.54, 1.807) is 6.07 Å². The Morgan fingerprint density at radius 1 is 1.12 bits per heavy atom. The van der Waals surface area contributed by atoms with Crippen LogP contribution in [0.4, 0.5) is 22.0 Å². The molecule has 0 aliphatic carbocycles. The van der Waals surface area contributed by atoms with Crippen LogP contribution in [0.15, 0.2) is 47.4 Å². The molecule has 0 saturated heterocycles. The summed E-state index contributed by atoms with van der Waals surface area (Å²) in [6.45, 7) is 4.02. The van der Waals surface area contributed by atoms with E-state index in [9.17, 15) is 31.3 Å². The van der Waals surface area contributed by atoms with Gasteiger partial charge in [0, 0.05) is 25.7 Å². The minimum atomic E-state index is -4.76. The summed E-state index contributed by atoms with van der Waals surface area (Å²) in [6, 6.07) is 6.42. The summed E-state index contributed by atoms with van der Waals surface area (Å²) in [4.78, 5) is 13.8. The highest BCUT2D eigenvalue weighted by Crippen LogP contribution is 2.41. The number of carbonyl (C=O) groups excluding carboxylic acids is 1. The number of hydrogen-bond donors (Lipinski definition) is 0. The van der Waals surface area contributed by atoms with Gasteiger partial charge in [-0.3, -0.25) is 4.79 Å². The van der Waals surface area contributed by atoms with Crippen LogP contribution in [-0.2, 0) is 29.1 Å². The molecule has 1 heterocycles. The minimum absolute atomic E-state index is 0.0827. The van der Waals surface area contributed by atoms with Gasteiger partial charge >= 0.3 is 6.18 Å². The van der Waals surface area contributed by atoms with E-state index in [2.05, 4.69) is 0 Å². The van der Waals surface area contributed by atoms with E-state index >= 15 is 0 Å². The zero-order valence-corrected chi connectivity index (χ0v) is 19.3. The minimum Gasteiger partial charge on any atom is -0.593 e. The highest BCUT2D eigenvalue weighted by atomic mass is 32.2. The lowest BCUT2D eigenvalue weighted by atomic mass is 9.98. The third-order valence-electron chi connectivity index (χ3n) is 5.50. The summed E-state index contributed by atoms with van der Waals surface area (Å²) in [6.07, 6.45) is -4.30. The Labute approximate surface area is 192 Å². The Morgan fingerprint density at radius 3 is 2.30 bits per heavy atom. The number of amides is 1. The molecule has 2 unspecified atom stereocenters. The number of nitrogens with zero attached hydrogens (tertiary/aromatic N) is 2. The quantitative estimate of drug-likeness (QED) is 0.420. The molecule has 0 aromatic heterocycles. The molecule has 2 atom stereocenters. The van der Waals surface area contributed by atoms with Crippen molar-refractivity contribution in [2.75, 3.05) is 13.1 Å². The first-order valence-electron chi connectivity index (χ1n) is 10.4. The van der Waals surface area contributed by atoms with E-state index in [4.69, 9.17) is 0 Å². The summed E-state index contributed by atoms with van der Waals surface area (Å²) in [7, 11) is 0. The number of carbonyl (C=O) groups is 1. The molecular weight excluding hydrogens is 463 g/mol.